The first-order valence-electron chi connectivity index (χ1n) is 10.5. The number of rotatable bonds is 2. The normalized spacial score (nSPS) is 17.9. The van der Waals surface area contributed by atoms with Crippen molar-refractivity contribution in [2.45, 2.75) is 47.1 Å². The van der Waals surface area contributed by atoms with Gasteiger partial charge in [-0.1, -0.05) is 19.1 Å². The van der Waals surface area contributed by atoms with Gasteiger partial charge in [-0.15, -0.1) is 0 Å². The first-order valence-corrected chi connectivity index (χ1v) is 10.5. The predicted octanol–water partition coefficient (Wildman–Crippen LogP) is 4.73. The molecule has 3 aromatic rings. The second kappa shape index (κ2) is 8.30. The molecule has 2 aliphatic heterocycles. The first kappa shape index (κ1) is 20.1. The van der Waals surface area contributed by atoms with Crippen LogP contribution in [-0.2, 0) is 17.8 Å². The molecule has 2 aliphatic rings. The molecule has 5 rings (SSSR count). The van der Waals surface area contributed by atoms with Gasteiger partial charge in [-0.25, -0.2) is 4.98 Å². The standard InChI is InChI=1S/C14H18N4O.C10H10O/c1-3-10-6-15-9(2)13(10)14(19)18-5-4-11-12(7-18)17-8-16-11;1-7-3-4-8(2)10-9(7)5-6-11-10/h6,8,10H,3-5,7H2,1-2H3,(H,16,17);3-6H,1-2H3. The van der Waals surface area contributed by atoms with Crippen LogP contribution in [0.4, 0.5) is 0 Å². The second-order valence-corrected chi connectivity index (χ2v) is 7.96. The molecule has 2 aromatic heterocycles. The van der Waals surface area contributed by atoms with Crippen molar-refractivity contribution in [3.63, 3.8) is 0 Å². The number of fused-ring (bicyclic) bond motifs is 2. The maximum atomic E-state index is 12.7. The van der Waals surface area contributed by atoms with Crippen LogP contribution in [0.2, 0.25) is 0 Å². The van der Waals surface area contributed by atoms with Crippen molar-refractivity contribution >= 4 is 23.1 Å². The fourth-order valence-electron chi connectivity index (χ4n) is 4.13. The van der Waals surface area contributed by atoms with Crippen molar-refractivity contribution in [2.24, 2.45) is 10.9 Å². The van der Waals surface area contributed by atoms with Crippen molar-refractivity contribution in [1.82, 2.24) is 14.9 Å². The number of H-pyrrole nitrogens is 1. The number of aromatic nitrogens is 2. The van der Waals surface area contributed by atoms with E-state index in [1.165, 1.54) is 16.5 Å². The highest BCUT2D eigenvalue weighted by atomic mass is 16.3. The predicted molar refractivity (Wildman–Crippen MR) is 118 cm³/mol. The van der Waals surface area contributed by atoms with Gasteiger partial charge in [-0.3, -0.25) is 9.79 Å². The minimum atomic E-state index is 0.127. The zero-order chi connectivity index (χ0) is 21.3. The lowest BCUT2D eigenvalue weighted by atomic mass is 9.96. The van der Waals surface area contributed by atoms with Crippen LogP contribution in [0.5, 0.6) is 0 Å². The third-order valence-electron chi connectivity index (χ3n) is 5.97. The largest absolute Gasteiger partial charge is 0.464 e. The van der Waals surface area contributed by atoms with Crippen molar-refractivity contribution in [3.8, 4) is 0 Å². The molecule has 1 N–H and O–H groups in total. The molecule has 1 amide bonds. The molecule has 156 valence electrons. The van der Waals surface area contributed by atoms with Gasteiger partial charge in [0.25, 0.3) is 5.91 Å². The average molecular weight is 405 g/mol. The molecule has 0 saturated carbocycles. The van der Waals surface area contributed by atoms with Crippen LogP contribution in [-0.4, -0.2) is 33.5 Å². The summed E-state index contributed by atoms with van der Waals surface area (Å²) in [7, 11) is 0. The minimum absolute atomic E-state index is 0.127. The summed E-state index contributed by atoms with van der Waals surface area (Å²) in [4.78, 5) is 26.3. The monoisotopic (exact) mass is 404 g/mol. The molecule has 1 atom stereocenters. The van der Waals surface area contributed by atoms with Gasteiger partial charge in [-0.05, 0) is 44.4 Å². The van der Waals surface area contributed by atoms with Crippen LogP contribution in [0.1, 0.15) is 42.8 Å². The molecule has 0 radical (unpaired) electrons. The summed E-state index contributed by atoms with van der Waals surface area (Å²) in [6, 6.07) is 6.21. The van der Waals surface area contributed by atoms with E-state index in [1.54, 1.807) is 12.6 Å². The molecular weight excluding hydrogens is 376 g/mol. The number of allylic oxidation sites excluding steroid dienone is 1. The molecule has 6 nitrogen and oxygen atoms in total. The van der Waals surface area contributed by atoms with E-state index < -0.39 is 0 Å². The number of aliphatic imine (C=N–C) groups is 1. The fourth-order valence-corrected chi connectivity index (χ4v) is 4.13. The highest BCUT2D eigenvalue weighted by molar-refractivity contribution is 6.00. The Balaban J connectivity index is 0.000000168. The molecule has 1 unspecified atom stereocenters. The second-order valence-electron chi connectivity index (χ2n) is 7.96. The summed E-state index contributed by atoms with van der Waals surface area (Å²) in [5.41, 5.74) is 7.38. The van der Waals surface area contributed by atoms with E-state index in [2.05, 4.69) is 47.9 Å². The molecule has 1 aromatic carbocycles. The summed E-state index contributed by atoms with van der Waals surface area (Å²) in [5.74, 6) is 0.303. The lowest BCUT2D eigenvalue weighted by molar-refractivity contribution is -0.128. The van der Waals surface area contributed by atoms with E-state index >= 15 is 0 Å². The van der Waals surface area contributed by atoms with E-state index in [-0.39, 0.29) is 11.8 Å². The van der Waals surface area contributed by atoms with Gasteiger partial charge in [0.05, 0.1) is 30.5 Å². The Hall–Kier alpha value is -3.15. The molecule has 0 fully saturated rings. The number of amides is 1. The van der Waals surface area contributed by atoms with E-state index in [1.807, 2.05) is 24.1 Å². The molecule has 0 aliphatic carbocycles. The number of nitrogens with zero attached hydrogens (tertiary/aromatic N) is 3. The zero-order valence-corrected chi connectivity index (χ0v) is 18.0. The summed E-state index contributed by atoms with van der Waals surface area (Å²) >= 11 is 0. The lowest BCUT2D eigenvalue weighted by Crippen LogP contribution is -2.38. The fraction of sp³-hybridized carbons (Fsp3) is 0.375. The van der Waals surface area contributed by atoms with Crippen LogP contribution in [0.3, 0.4) is 0 Å². The van der Waals surface area contributed by atoms with Gasteiger partial charge < -0.3 is 14.3 Å². The van der Waals surface area contributed by atoms with E-state index in [4.69, 9.17) is 4.42 Å². The number of aryl methyl sites for hydroxylation is 2. The van der Waals surface area contributed by atoms with E-state index in [9.17, 15) is 4.79 Å². The number of benzene rings is 1. The Bertz CT molecular complexity index is 1100. The van der Waals surface area contributed by atoms with Crippen molar-refractivity contribution in [1.29, 1.82) is 0 Å². The zero-order valence-electron chi connectivity index (χ0n) is 18.0. The smallest absolute Gasteiger partial charge is 0.252 e. The first-order chi connectivity index (χ1) is 14.5. The maximum absolute atomic E-state index is 12.7. The van der Waals surface area contributed by atoms with Gasteiger partial charge in [0, 0.05) is 41.8 Å². The Labute approximate surface area is 176 Å². The molecule has 30 heavy (non-hydrogen) atoms. The number of carbonyl (C=O) groups excluding carboxylic acids is 1. The van der Waals surface area contributed by atoms with Gasteiger partial charge >= 0.3 is 0 Å². The number of hydrogen-bond donors (Lipinski definition) is 1. The van der Waals surface area contributed by atoms with Crippen LogP contribution >= 0.6 is 0 Å². The van der Waals surface area contributed by atoms with Crippen LogP contribution < -0.4 is 0 Å². The van der Waals surface area contributed by atoms with Crippen LogP contribution in [0, 0.1) is 19.8 Å². The summed E-state index contributed by atoms with van der Waals surface area (Å²) in [5, 5.41) is 1.23. The van der Waals surface area contributed by atoms with Gasteiger partial charge in [0.15, 0.2) is 0 Å². The summed E-state index contributed by atoms with van der Waals surface area (Å²) < 4.78 is 5.33. The molecule has 0 saturated heterocycles. The van der Waals surface area contributed by atoms with E-state index in [0.717, 1.165) is 47.6 Å². The number of nitrogens with one attached hydrogen (secondary N) is 1. The van der Waals surface area contributed by atoms with Gasteiger partial charge in [0.2, 0.25) is 0 Å². The molecule has 0 spiro atoms. The quantitative estimate of drug-likeness (QED) is 0.671. The molecule has 4 heterocycles. The van der Waals surface area contributed by atoms with Crippen molar-refractivity contribution < 1.29 is 9.21 Å². The third-order valence-corrected chi connectivity index (χ3v) is 5.97. The van der Waals surface area contributed by atoms with Crippen molar-refractivity contribution in [2.75, 3.05) is 6.54 Å². The van der Waals surface area contributed by atoms with E-state index in [0.29, 0.717) is 6.54 Å². The highest BCUT2D eigenvalue weighted by Crippen LogP contribution is 2.28. The third kappa shape index (κ3) is 3.70. The molecular formula is C24H28N4O2. The molecule has 0 bridgehead atoms. The minimum Gasteiger partial charge on any atom is -0.464 e. The Kier molecular flexibility index (Phi) is 5.57. The van der Waals surface area contributed by atoms with Crippen LogP contribution in [0.15, 0.2) is 51.5 Å². The number of aromatic amines is 1. The van der Waals surface area contributed by atoms with Gasteiger partial charge in [-0.2, -0.15) is 0 Å². The number of carbonyl (C=O) groups is 1. The lowest BCUT2D eigenvalue weighted by Gasteiger charge is -2.28. The summed E-state index contributed by atoms with van der Waals surface area (Å²) in [6.45, 7) is 9.53. The number of imidazole rings is 1. The number of hydrogen-bond acceptors (Lipinski definition) is 4. The topological polar surface area (TPSA) is 74.5 Å². The highest BCUT2D eigenvalue weighted by Gasteiger charge is 2.30. The van der Waals surface area contributed by atoms with Gasteiger partial charge in [0.1, 0.15) is 5.58 Å². The maximum Gasteiger partial charge on any atom is 0.252 e. The van der Waals surface area contributed by atoms with Crippen molar-refractivity contribution in [3.05, 3.63) is 64.6 Å². The number of furan rings is 1. The summed E-state index contributed by atoms with van der Waals surface area (Å²) in [6.07, 6.45) is 7.09. The molecule has 6 heteroatoms. The average Bonchev–Trinajstić information content (AvgIpc) is 3.49. The Morgan fingerprint density at radius 2 is 2.03 bits per heavy atom. The van der Waals surface area contributed by atoms with Crippen LogP contribution in [0.25, 0.3) is 11.0 Å². The Morgan fingerprint density at radius 1 is 1.23 bits per heavy atom. The SMILES string of the molecule is CCC1C=NC(C)=C1C(=O)N1CCc2nc[nH]c2C1.Cc1ccc(C)c2occc12. The Morgan fingerprint density at radius 3 is 2.80 bits per heavy atom.